The molecule has 0 heterocycles. The van der Waals surface area contributed by atoms with Crippen LogP contribution in [0.1, 0.15) is 187 Å². The maximum Gasteiger partial charge on any atom is 0.472 e. The normalized spacial score (nSPS) is 14.2. The van der Waals surface area contributed by atoms with Gasteiger partial charge in [0, 0.05) is 12.8 Å². The van der Waals surface area contributed by atoms with E-state index in [1.165, 1.54) is 77.0 Å². The Kier molecular flexibility index (Phi) is 36.6. The summed E-state index contributed by atoms with van der Waals surface area (Å²) in [6.45, 7) is 2.35. The molecule has 0 amide bonds. The van der Waals surface area contributed by atoms with Crippen molar-refractivity contribution >= 4 is 19.8 Å². The van der Waals surface area contributed by atoms with Gasteiger partial charge in [0.1, 0.15) is 12.7 Å². The van der Waals surface area contributed by atoms with Crippen molar-refractivity contribution in [2.75, 3.05) is 26.4 Å². The number of unbranched alkanes of at least 4 members (excludes halogenated alkanes) is 21. The number of esters is 2. The first-order valence-corrected chi connectivity index (χ1v) is 22.3. The number of carbonyl (C=O) groups excluding carboxylic acids is 2. The van der Waals surface area contributed by atoms with Gasteiger partial charge in [-0.3, -0.25) is 18.6 Å². The van der Waals surface area contributed by atoms with Gasteiger partial charge < -0.3 is 24.6 Å². The van der Waals surface area contributed by atoms with Crippen molar-refractivity contribution in [3.05, 3.63) is 24.3 Å². The van der Waals surface area contributed by atoms with E-state index in [0.29, 0.717) is 12.8 Å². The first-order chi connectivity index (χ1) is 25.2. The number of allylic oxidation sites excluding steroid dienone is 4. The van der Waals surface area contributed by atoms with Crippen LogP contribution in [0.4, 0.5) is 0 Å². The zero-order chi connectivity index (χ0) is 38.4. The fourth-order valence-electron chi connectivity index (χ4n) is 5.57. The van der Waals surface area contributed by atoms with Gasteiger partial charge in [0.2, 0.25) is 0 Å². The molecule has 0 radical (unpaired) electrons. The number of carbonyl (C=O) groups is 2. The van der Waals surface area contributed by atoms with Gasteiger partial charge >= 0.3 is 19.8 Å². The monoisotopic (exact) mass is 761 g/mol. The summed E-state index contributed by atoms with van der Waals surface area (Å²) in [7, 11) is -4.61. The van der Waals surface area contributed by atoms with Crippen molar-refractivity contribution < 1.29 is 47.8 Å². The summed E-state index contributed by atoms with van der Waals surface area (Å²) in [6.07, 6.45) is 35.7. The standard InChI is InChI=1S/C41H77O10P/c1-3-5-7-9-11-13-15-17-19-21-22-24-26-28-30-32-40(44)48-36-39(37-50-52(46,47)49-35-38(43)34-42)51-41(45)33-31-29-27-25-23-20-18-16-14-12-10-8-6-4-2/h16-19,38-39,42-43H,3-15,20-37H2,1-2H3,(H,46,47)/b18-16+,19-17+/t38-,39+/m0/s1. The molecule has 0 aromatic rings. The van der Waals surface area contributed by atoms with Crippen LogP contribution >= 0.6 is 7.82 Å². The molecular formula is C41H77O10P. The molecule has 0 spiro atoms. The Morgan fingerprint density at radius 2 is 0.942 bits per heavy atom. The summed E-state index contributed by atoms with van der Waals surface area (Å²) in [4.78, 5) is 34.9. The number of ether oxygens (including phenoxy) is 2. The highest BCUT2D eigenvalue weighted by molar-refractivity contribution is 7.47. The van der Waals surface area contributed by atoms with E-state index in [2.05, 4.69) is 42.7 Å². The lowest BCUT2D eigenvalue weighted by Gasteiger charge is -2.20. The van der Waals surface area contributed by atoms with Crippen LogP contribution in [0.25, 0.3) is 0 Å². The summed E-state index contributed by atoms with van der Waals surface area (Å²) in [6, 6.07) is 0. The molecule has 3 atom stereocenters. The Labute approximate surface area is 317 Å². The molecule has 10 nitrogen and oxygen atoms in total. The molecule has 306 valence electrons. The molecule has 0 saturated heterocycles. The third kappa shape index (κ3) is 36.8. The predicted octanol–water partition coefficient (Wildman–Crippen LogP) is 10.6. The minimum absolute atomic E-state index is 0.174. The van der Waals surface area contributed by atoms with E-state index in [-0.39, 0.29) is 19.4 Å². The van der Waals surface area contributed by atoms with E-state index < -0.39 is 51.8 Å². The van der Waals surface area contributed by atoms with Crippen LogP contribution in [0.2, 0.25) is 0 Å². The van der Waals surface area contributed by atoms with Crippen molar-refractivity contribution in [3.63, 3.8) is 0 Å². The second-order valence-corrected chi connectivity index (χ2v) is 15.5. The van der Waals surface area contributed by atoms with Crippen molar-refractivity contribution in [2.24, 2.45) is 0 Å². The number of hydrogen-bond acceptors (Lipinski definition) is 9. The van der Waals surface area contributed by atoms with Gasteiger partial charge in [0.05, 0.1) is 19.8 Å². The number of phosphoric acid groups is 1. The Morgan fingerprint density at radius 3 is 1.38 bits per heavy atom. The van der Waals surface area contributed by atoms with Gasteiger partial charge in [0.25, 0.3) is 0 Å². The molecule has 0 bridgehead atoms. The van der Waals surface area contributed by atoms with Crippen molar-refractivity contribution in [1.82, 2.24) is 0 Å². The third-order valence-corrected chi connectivity index (χ3v) is 9.78. The van der Waals surface area contributed by atoms with E-state index in [4.69, 9.17) is 19.1 Å². The zero-order valence-corrected chi connectivity index (χ0v) is 33.9. The number of aliphatic hydroxyl groups excluding tert-OH is 2. The van der Waals surface area contributed by atoms with Crippen LogP contribution in [0.3, 0.4) is 0 Å². The van der Waals surface area contributed by atoms with Crippen LogP contribution in [0.5, 0.6) is 0 Å². The Morgan fingerprint density at radius 1 is 0.558 bits per heavy atom. The molecule has 0 aromatic heterocycles. The maximum atomic E-state index is 12.6. The molecule has 0 aliphatic heterocycles. The minimum atomic E-state index is -4.61. The summed E-state index contributed by atoms with van der Waals surface area (Å²) < 4.78 is 32.6. The van der Waals surface area contributed by atoms with Crippen LogP contribution in [0.15, 0.2) is 24.3 Å². The highest BCUT2D eigenvalue weighted by atomic mass is 31.2. The van der Waals surface area contributed by atoms with Gasteiger partial charge in [-0.1, -0.05) is 134 Å². The fraction of sp³-hybridized carbons (Fsp3) is 0.854. The highest BCUT2D eigenvalue weighted by Gasteiger charge is 2.27. The summed E-state index contributed by atoms with van der Waals surface area (Å²) >= 11 is 0. The van der Waals surface area contributed by atoms with Gasteiger partial charge in [-0.2, -0.15) is 0 Å². The average Bonchev–Trinajstić information content (AvgIpc) is 3.13. The van der Waals surface area contributed by atoms with Crippen molar-refractivity contribution in [3.8, 4) is 0 Å². The average molecular weight is 761 g/mol. The number of phosphoric ester groups is 1. The molecule has 0 rings (SSSR count). The van der Waals surface area contributed by atoms with Crippen LogP contribution in [-0.2, 0) is 32.7 Å². The van der Waals surface area contributed by atoms with E-state index >= 15 is 0 Å². The summed E-state index contributed by atoms with van der Waals surface area (Å²) in [5.41, 5.74) is 0. The molecular weight excluding hydrogens is 683 g/mol. The SMILES string of the molecule is CCCCCCC/C=C/CCCCCCCC(=O)O[C@H](COC(=O)CCCCCCC/C=C/CCCCCCCC)COP(=O)(O)OC[C@@H](O)CO. The molecule has 0 aromatic carbocycles. The maximum absolute atomic E-state index is 12.6. The lowest BCUT2D eigenvalue weighted by Crippen LogP contribution is -2.29. The fourth-order valence-corrected chi connectivity index (χ4v) is 6.36. The Balaban J connectivity index is 4.34. The Hall–Kier alpha value is -1.55. The zero-order valence-electron chi connectivity index (χ0n) is 33.0. The topological polar surface area (TPSA) is 149 Å². The van der Waals surface area contributed by atoms with Gasteiger partial charge in [-0.15, -0.1) is 0 Å². The van der Waals surface area contributed by atoms with E-state index in [1.54, 1.807) is 0 Å². The molecule has 1 unspecified atom stereocenters. The summed E-state index contributed by atoms with van der Waals surface area (Å²) in [5, 5.41) is 18.3. The van der Waals surface area contributed by atoms with Crippen molar-refractivity contribution in [2.45, 2.75) is 199 Å². The third-order valence-electron chi connectivity index (χ3n) is 8.83. The number of rotatable bonds is 39. The molecule has 0 saturated carbocycles. The minimum Gasteiger partial charge on any atom is -0.462 e. The van der Waals surface area contributed by atoms with Crippen LogP contribution in [-0.4, -0.2) is 65.7 Å². The van der Waals surface area contributed by atoms with E-state index in [9.17, 15) is 24.2 Å². The van der Waals surface area contributed by atoms with Gasteiger partial charge in [-0.05, 0) is 64.2 Å². The smallest absolute Gasteiger partial charge is 0.462 e. The molecule has 0 fully saturated rings. The summed E-state index contributed by atoms with van der Waals surface area (Å²) in [5.74, 6) is -0.942. The van der Waals surface area contributed by atoms with Gasteiger partial charge in [0.15, 0.2) is 6.10 Å². The second-order valence-electron chi connectivity index (χ2n) is 14.0. The van der Waals surface area contributed by atoms with Crippen LogP contribution < -0.4 is 0 Å². The van der Waals surface area contributed by atoms with E-state index in [1.807, 2.05) is 0 Å². The lowest BCUT2D eigenvalue weighted by atomic mass is 10.1. The Bertz CT molecular complexity index is 925. The predicted molar refractivity (Wildman–Crippen MR) is 210 cm³/mol. The lowest BCUT2D eigenvalue weighted by molar-refractivity contribution is -0.161. The quantitative estimate of drug-likeness (QED) is 0.0239. The molecule has 11 heteroatoms. The van der Waals surface area contributed by atoms with Crippen LogP contribution in [0, 0.1) is 0 Å². The highest BCUT2D eigenvalue weighted by Crippen LogP contribution is 2.43. The first-order valence-electron chi connectivity index (χ1n) is 20.8. The number of hydrogen-bond donors (Lipinski definition) is 3. The number of aliphatic hydroxyl groups is 2. The molecule has 52 heavy (non-hydrogen) atoms. The molecule has 0 aliphatic carbocycles. The first kappa shape index (κ1) is 50.5. The van der Waals surface area contributed by atoms with E-state index in [0.717, 1.165) is 70.6 Å². The largest absolute Gasteiger partial charge is 0.472 e. The van der Waals surface area contributed by atoms with Crippen molar-refractivity contribution in [1.29, 1.82) is 0 Å². The molecule has 0 aliphatic rings. The molecule has 3 N–H and O–H groups in total. The second kappa shape index (κ2) is 37.8. The van der Waals surface area contributed by atoms with Gasteiger partial charge in [-0.25, -0.2) is 4.57 Å².